The molecule has 0 N–H and O–H groups in total. The van der Waals surface area contributed by atoms with Gasteiger partial charge in [-0.15, -0.1) is 0 Å². The Bertz CT molecular complexity index is 243. The Hall–Kier alpha value is 0.460. The van der Waals surface area contributed by atoms with Gasteiger partial charge in [-0.3, -0.25) is 0 Å². The van der Waals surface area contributed by atoms with E-state index in [0.717, 1.165) is 0 Å². The van der Waals surface area contributed by atoms with Crippen molar-refractivity contribution in [2.24, 2.45) is 0 Å². The van der Waals surface area contributed by atoms with Crippen LogP contribution >= 0.6 is 7.26 Å². The lowest BCUT2D eigenvalue weighted by molar-refractivity contribution is -0.00000516. The first-order valence-corrected chi connectivity index (χ1v) is 13.3. The average molecular weight is 363 g/mol. The number of rotatable bonds is 16. The number of allylic oxidation sites excluding steroid dienone is 2. The summed E-state index contributed by atoms with van der Waals surface area (Å²) in [7, 11) is -0.513. The Morgan fingerprint density at radius 3 is 1.39 bits per heavy atom. The van der Waals surface area contributed by atoms with Gasteiger partial charge in [0.2, 0.25) is 0 Å². The van der Waals surface area contributed by atoms with E-state index in [1.165, 1.54) is 96.1 Å². The van der Waals surface area contributed by atoms with Crippen molar-refractivity contribution in [3.8, 4) is 0 Å². The summed E-state index contributed by atoms with van der Waals surface area (Å²) in [6.45, 7) is 9.68. The van der Waals surface area contributed by atoms with Crippen molar-refractivity contribution in [1.82, 2.24) is 0 Å². The van der Waals surface area contributed by atoms with Gasteiger partial charge in [-0.1, -0.05) is 70.4 Å². The highest BCUT2D eigenvalue weighted by Gasteiger charge is 2.15. The van der Waals surface area contributed by atoms with E-state index in [9.17, 15) is 0 Å². The van der Waals surface area contributed by atoms with E-state index in [2.05, 4.69) is 39.1 Å². The summed E-state index contributed by atoms with van der Waals surface area (Å²) in [6.07, 6.45) is 26.1. The summed E-state index contributed by atoms with van der Waals surface area (Å²) in [5.74, 6) is 0. The van der Waals surface area contributed by atoms with E-state index in [-0.39, 0.29) is 12.4 Å². The van der Waals surface area contributed by atoms with Gasteiger partial charge in [0.15, 0.2) is 0 Å². The van der Waals surface area contributed by atoms with Crippen LogP contribution in [0.15, 0.2) is 12.2 Å². The summed E-state index contributed by atoms with van der Waals surface area (Å²) in [5, 5.41) is 0. The van der Waals surface area contributed by atoms with Crippen molar-refractivity contribution in [1.29, 1.82) is 0 Å². The molecule has 0 aromatic carbocycles. The van der Waals surface area contributed by atoms with Crippen LogP contribution in [-0.2, 0) is 0 Å². The van der Waals surface area contributed by atoms with Gasteiger partial charge >= 0.3 is 0 Å². The zero-order valence-corrected chi connectivity index (χ0v) is 18.2. The van der Waals surface area contributed by atoms with Crippen molar-refractivity contribution in [3.05, 3.63) is 12.2 Å². The first-order chi connectivity index (χ1) is 10.6. The molecule has 0 nitrogen and oxygen atoms in total. The minimum absolute atomic E-state index is 0. The van der Waals surface area contributed by atoms with Gasteiger partial charge in [-0.25, -0.2) is 0 Å². The second-order valence-electron chi connectivity index (χ2n) is 7.95. The number of unbranched alkanes of at least 4 members (excludes halogenated alkanes) is 12. The molecular formula is C21H44ClP. The second-order valence-corrected chi connectivity index (χ2v) is 13.0. The largest absolute Gasteiger partial charge is 1.00 e. The van der Waals surface area contributed by atoms with Gasteiger partial charge in [0.25, 0.3) is 0 Å². The van der Waals surface area contributed by atoms with Crippen molar-refractivity contribution in [2.45, 2.75) is 96.8 Å². The Morgan fingerprint density at radius 1 is 0.565 bits per heavy atom. The molecule has 140 valence electrons. The van der Waals surface area contributed by atoms with Crippen LogP contribution in [-0.4, -0.2) is 26.2 Å². The molecule has 0 spiro atoms. The molecule has 0 heterocycles. The molecule has 0 aromatic heterocycles. The smallest absolute Gasteiger partial charge is 0.0586 e. The Kier molecular flexibility index (Phi) is 21.0. The van der Waals surface area contributed by atoms with Gasteiger partial charge in [-0.05, 0) is 38.5 Å². The highest BCUT2D eigenvalue weighted by Crippen LogP contribution is 2.47. The lowest BCUT2D eigenvalue weighted by Gasteiger charge is -2.10. The molecule has 0 atom stereocenters. The normalized spacial score (nSPS) is 11.8. The summed E-state index contributed by atoms with van der Waals surface area (Å²) in [6, 6.07) is 0. The fourth-order valence-corrected chi connectivity index (χ4v) is 4.01. The van der Waals surface area contributed by atoms with Gasteiger partial charge < -0.3 is 12.4 Å². The van der Waals surface area contributed by atoms with Crippen molar-refractivity contribution in [3.63, 3.8) is 0 Å². The predicted octanol–water partition coefficient (Wildman–Crippen LogP) is 4.93. The van der Waals surface area contributed by atoms with Crippen LogP contribution in [0.4, 0.5) is 0 Å². The summed E-state index contributed by atoms with van der Waals surface area (Å²) >= 11 is 0. The Morgan fingerprint density at radius 2 is 0.957 bits per heavy atom. The molecule has 0 amide bonds. The van der Waals surface area contributed by atoms with E-state index < -0.39 is 7.26 Å². The minimum atomic E-state index is -0.513. The van der Waals surface area contributed by atoms with E-state index >= 15 is 0 Å². The lowest BCUT2D eigenvalue weighted by Crippen LogP contribution is -3.00. The lowest BCUT2D eigenvalue weighted by atomic mass is 10.1. The second kappa shape index (κ2) is 18.8. The van der Waals surface area contributed by atoms with Crippen LogP contribution in [0.5, 0.6) is 0 Å². The quantitative estimate of drug-likeness (QED) is 0.207. The van der Waals surface area contributed by atoms with E-state index in [1.807, 2.05) is 0 Å². The van der Waals surface area contributed by atoms with Crippen LogP contribution < -0.4 is 12.4 Å². The monoisotopic (exact) mass is 362 g/mol. The molecule has 0 aliphatic heterocycles. The molecule has 2 heteroatoms. The molecule has 0 fully saturated rings. The fraction of sp³-hybridized carbons (Fsp3) is 0.905. The molecule has 0 bridgehead atoms. The van der Waals surface area contributed by atoms with Crippen LogP contribution in [0.1, 0.15) is 96.8 Å². The summed E-state index contributed by atoms with van der Waals surface area (Å²) in [5.41, 5.74) is 0. The van der Waals surface area contributed by atoms with Crippen LogP contribution in [0.25, 0.3) is 0 Å². The topological polar surface area (TPSA) is 0 Å². The minimum Gasteiger partial charge on any atom is -1.00 e. The van der Waals surface area contributed by atoms with E-state index in [4.69, 9.17) is 0 Å². The number of hydrogen-bond acceptors (Lipinski definition) is 0. The highest BCUT2D eigenvalue weighted by atomic mass is 35.5. The van der Waals surface area contributed by atoms with Crippen LogP contribution in [0.3, 0.4) is 0 Å². The van der Waals surface area contributed by atoms with Gasteiger partial charge in [-0.2, -0.15) is 0 Å². The zero-order chi connectivity index (χ0) is 16.5. The molecule has 0 unspecified atom stereocenters. The molecule has 23 heavy (non-hydrogen) atoms. The molecular weight excluding hydrogens is 319 g/mol. The maximum absolute atomic E-state index is 2.46. The first kappa shape index (κ1) is 25.7. The molecule has 0 aliphatic carbocycles. The first-order valence-electron chi connectivity index (χ1n) is 10.0. The maximum atomic E-state index is 2.46. The zero-order valence-electron chi connectivity index (χ0n) is 16.6. The van der Waals surface area contributed by atoms with Crippen molar-refractivity contribution < 1.29 is 12.4 Å². The Balaban J connectivity index is 0. The van der Waals surface area contributed by atoms with Crippen molar-refractivity contribution >= 4 is 7.26 Å². The van der Waals surface area contributed by atoms with Crippen LogP contribution in [0.2, 0.25) is 0 Å². The van der Waals surface area contributed by atoms with Crippen molar-refractivity contribution in [2.75, 3.05) is 26.2 Å². The van der Waals surface area contributed by atoms with Gasteiger partial charge in [0.05, 0.1) is 6.16 Å². The van der Waals surface area contributed by atoms with E-state index in [0.29, 0.717) is 0 Å². The van der Waals surface area contributed by atoms with E-state index in [1.54, 1.807) is 0 Å². The Labute approximate surface area is 155 Å². The molecule has 0 radical (unpaired) electrons. The fourth-order valence-electron chi connectivity index (χ4n) is 2.83. The molecule has 0 saturated heterocycles. The average Bonchev–Trinajstić information content (AvgIpc) is 2.45. The molecule has 0 saturated carbocycles. The third-order valence-electron chi connectivity index (χ3n) is 4.34. The maximum Gasteiger partial charge on any atom is 0.0586 e. The van der Waals surface area contributed by atoms with Gasteiger partial charge in [0, 0.05) is 27.3 Å². The summed E-state index contributed by atoms with van der Waals surface area (Å²) < 4.78 is 0. The third kappa shape index (κ3) is 24.8. The third-order valence-corrected chi connectivity index (χ3v) is 6.00. The van der Waals surface area contributed by atoms with Gasteiger partial charge in [0.1, 0.15) is 0 Å². The standard InChI is InChI=1S/C21H44P.ClH/c1-5-6-7-8-9-10-11-12-13-14-15-16-17-18-19-20-21-22(2,3)4;/h12-13H,5-11,14-21H2,1-4H3;1H/q+1;/p-1/b13-12-;. The SMILES string of the molecule is CCCCCCCC/C=C\CCCCCCCC[P+](C)(C)C.[Cl-]. The highest BCUT2D eigenvalue weighted by molar-refractivity contribution is 7.73. The predicted molar refractivity (Wildman–Crippen MR) is 109 cm³/mol. The number of hydrogen-bond donors (Lipinski definition) is 0. The number of halogens is 1. The van der Waals surface area contributed by atoms with Crippen LogP contribution in [0, 0.1) is 0 Å². The molecule has 0 aliphatic rings. The molecule has 0 aromatic rings. The summed E-state index contributed by atoms with van der Waals surface area (Å²) in [4.78, 5) is 0. The molecule has 0 rings (SSSR count).